The first-order valence-corrected chi connectivity index (χ1v) is 5.46. The number of ether oxygens (including phenoxy) is 1. The molecule has 2 nitrogen and oxygen atoms in total. The average Bonchev–Trinajstić information content (AvgIpc) is 3.10. The summed E-state index contributed by atoms with van der Waals surface area (Å²) in [5.41, 5.74) is 1.13. The molecule has 1 aromatic rings. The summed E-state index contributed by atoms with van der Waals surface area (Å²) in [6.07, 6.45) is 2.12. The minimum atomic E-state index is 0.00824. The van der Waals surface area contributed by atoms with Crippen LogP contribution in [0.5, 0.6) is 0 Å². The second-order valence-electron chi connectivity index (χ2n) is 4.10. The molecule has 2 heteroatoms. The summed E-state index contributed by atoms with van der Waals surface area (Å²) in [7, 11) is 0. The van der Waals surface area contributed by atoms with Gasteiger partial charge in [0.05, 0.1) is 6.10 Å². The summed E-state index contributed by atoms with van der Waals surface area (Å²) in [4.78, 5) is 11.4. The molecular formula is C13H16O2. The van der Waals surface area contributed by atoms with Crippen molar-refractivity contribution in [3.63, 3.8) is 0 Å². The molecule has 1 atom stereocenters. The summed E-state index contributed by atoms with van der Waals surface area (Å²) < 4.78 is 5.54. The van der Waals surface area contributed by atoms with Gasteiger partial charge >= 0.3 is 0 Å². The highest BCUT2D eigenvalue weighted by Crippen LogP contribution is 2.30. The number of carbonyl (C=O) groups excluding carboxylic acids is 1. The molecule has 80 valence electrons. The predicted molar refractivity (Wildman–Crippen MR) is 58.5 cm³/mol. The van der Waals surface area contributed by atoms with Gasteiger partial charge in [-0.15, -0.1) is 0 Å². The van der Waals surface area contributed by atoms with E-state index in [1.54, 1.807) is 0 Å². The van der Waals surface area contributed by atoms with Gasteiger partial charge in [0, 0.05) is 5.92 Å². The van der Waals surface area contributed by atoms with Crippen LogP contribution >= 0.6 is 0 Å². The number of hydrogen-bond donors (Lipinski definition) is 0. The van der Waals surface area contributed by atoms with Gasteiger partial charge in [-0.2, -0.15) is 0 Å². The van der Waals surface area contributed by atoms with E-state index in [0.717, 1.165) is 18.4 Å². The zero-order valence-electron chi connectivity index (χ0n) is 8.98. The summed E-state index contributed by atoms with van der Waals surface area (Å²) in [5.74, 6) is 0.561. The van der Waals surface area contributed by atoms with Gasteiger partial charge in [-0.25, -0.2) is 0 Å². The smallest absolute Gasteiger partial charge is 0.161 e. The van der Waals surface area contributed by atoms with E-state index in [9.17, 15) is 4.79 Å². The molecule has 0 aromatic heterocycles. The zero-order chi connectivity index (χ0) is 10.7. The number of hydrogen-bond acceptors (Lipinski definition) is 2. The van der Waals surface area contributed by atoms with Crippen LogP contribution in [0.2, 0.25) is 0 Å². The Hall–Kier alpha value is -1.15. The number of Topliss-reactive ketones (excluding diaryl/α,β-unsaturated/α-hetero) is 1. The van der Waals surface area contributed by atoms with E-state index in [4.69, 9.17) is 4.74 Å². The van der Waals surface area contributed by atoms with E-state index in [0.29, 0.717) is 5.92 Å². The Morgan fingerprint density at radius 1 is 1.40 bits per heavy atom. The molecule has 0 amide bonds. The van der Waals surface area contributed by atoms with Crippen LogP contribution in [0.15, 0.2) is 30.3 Å². The molecule has 1 aromatic carbocycles. The maximum atomic E-state index is 11.4. The van der Waals surface area contributed by atoms with Crippen LogP contribution in [0.3, 0.4) is 0 Å². The predicted octanol–water partition coefficient (Wildman–Crippen LogP) is 2.74. The monoisotopic (exact) mass is 204 g/mol. The van der Waals surface area contributed by atoms with Gasteiger partial charge in [0.25, 0.3) is 0 Å². The normalized spacial score (nSPS) is 17.4. The van der Waals surface area contributed by atoms with Gasteiger partial charge in [0.1, 0.15) is 6.61 Å². The van der Waals surface area contributed by atoms with E-state index in [-0.39, 0.29) is 18.5 Å². The Bertz CT molecular complexity index is 328. The maximum absolute atomic E-state index is 11.4. The van der Waals surface area contributed by atoms with Crippen molar-refractivity contribution in [2.75, 3.05) is 6.61 Å². The quantitative estimate of drug-likeness (QED) is 0.737. The van der Waals surface area contributed by atoms with Crippen LogP contribution in [-0.2, 0) is 9.53 Å². The fraction of sp³-hybridized carbons (Fsp3) is 0.462. The lowest BCUT2D eigenvalue weighted by Gasteiger charge is -2.12. The van der Waals surface area contributed by atoms with Crippen molar-refractivity contribution in [2.45, 2.75) is 25.9 Å². The van der Waals surface area contributed by atoms with Gasteiger partial charge < -0.3 is 4.74 Å². The standard InChI is InChI=1S/C13H16O2/c1-10(11-5-3-2-4-6-11)15-9-13(14)12-7-8-12/h2-6,10,12H,7-9H2,1H3. The first-order valence-electron chi connectivity index (χ1n) is 5.46. The molecule has 0 spiro atoms. The summed E-state index contributed by atoms with van der Waals surface area (Å²) in [6, 6.07) is 9.99. The third kappa shape index (κ3) is 2.90. The lowest BCUT2D eigenvalue weighted by Crippen LogP contribution is -2.12. The minimum absolute atomic E-state index is 0.00824. The molecule has 0 bridgehead atoms. The number of ketones is 1. The molecule has 1 unspecified atom stereocenters. The van der Waals surface area contributed by atoms with Gasteiger partial charge in [-0.1, -0.05) is 30.3 Å². The molecule has 1 aliphatic rings. The van der Waals surface area contributed by atoms with E-state index < -0.39 is 0 Å². The van der Waals surface area contributed by atoms with Crippen molar-refractivity contribution < 1.29 is 9.53 Å². The first-order chi connectivity index (χ1) is 7.27. The molecule has 15 heavy (non-hydrogen) atoms. The fourth-order valence-corrected chi connectivity index (χ4v) is 1.55. The third-order valence-corrected chi connectivity index (χ3v) is 2.78. The molecule has 1 saturated carbocycles. The second-order valence-corrected chi connectivity index (χ2v) is 4.10. The van der Waals surface area contributed by atoms with Crippen molar-refractivity contribution in [1.29, 1.82) is 0 Å². The van der Waals surface area contributed by atoms with E-state index in [2.05, 4.69) is 0 Å². The van der Waals surface area contributed by atoms with Gasteiger partial charge in [0.2, 0.25) is 0 Å². The van der Waals surface area contributed by atoms with Gasteiger partial charge in [0.15, 0.2) is 5.78 Å². The molecule has 1 fully saturated rings. The van der Waals surface area contributed by atoms with Crippen molar-refractivity contribution in [1.82, 2.24) is 0 Å². The molecule has 0 N–H and O–H groups in total. The lowest BCUT2D eigenvalue weighted by molar-refractivity contribution is -0.126. The number of carbonyl (C=O) groups is 1. The van der Waals surface area contributed by atoms with Gasteiger partial charge in [-0.05, 0) is 25.3 Å². The minimum Gasteiger partial charge on any atom is -0.366 e. The van der Waals surface area contributed by atoms with Crippen molar-refractivity contribution in [3.8, 4) is 0 Å². The number of benzene rings is 1. The first kappa shape index (κ1) is 10.4. The zero-order valence-corrected chi connectivity index (χ0v) is 8.98. The van der Waals surface area contributed by atoms with Crippen LogP contribution in [0.1, 0.15) is 31.4 Å². The fourth-order valence-electron chi connectivity index (χ4n) is 1.55. The van der Waals surface area contributed by atoms with E-state index in [1.165, 1.54) is 0 Å². The van der Waals surface area contributed by atoms with Crippen LogP contribution in [0.4, 0.5) is 0 Å². The van der Waals surface area contributed by atoms with E-state index in [1.807, 2.05) is 37.3 Å². The largest absolute Gasteiger partial charge is 0.366 e. The van der Waals surface area contributed by atoms with Crippen molar-refractivity contribution in [2.24, 2.45) is 5.92 Å². The third-order valence-electron chi connectivity index (χ3n) is 2.78. The lowest BCUT2D eigenvalue weighted by atomic mass is 10.1. The Kier molecular flexibility index (Phi) is 3.17. The highest BCUT2D eigenvalue weighted by Gasteiger charge is 2.29. The molecule has 0 heterocycles. The Labute approximate surface area is 90.3 Å². The van der Waals surface area contributed by atoms with Crippen LogP contribution < -0.4 is 0 Å². The molecule has 0 saturated heterocycles. The van der Waals surface area contributed by atoms with Crippen LogP contribution in [0.25, 0.3) is 0 Å². The molecular weight excluding hydrogens is 188 g/mol. The summed E-state index contributed by atoms with van der Waals surface area (Å²) in [5, 5.41) is 0. The van der Waals surface area contributed by atoms with Gasteiger partial charge in [-0.3, -0.25) is 4.79 Å². The SMILES string of the molecule is CC(OCC(=O)C1CC1)c1ccccc1. The Morgan fingerprint density at radius 2 is 2.07 bits per heavy atom. The summed E-state index contributed by atoms with van der Waals surface area (Å²) >= 11 is 0. The summed E-state index contributed by atoms with van der Waals surface area (Å²) in [6.45, 7) is 2.25. The maximum Gasteiger partial charge on any atom is 0.161 e. The second kappa shape index (κ2) is 4.58. The van der Waals surface area contributed by atoms with Crippen LogP contribution in [0, 0.1) is 5.92 Å². The van der Waals surface area contributed by atoms with Crippen molar-refractivity contribution in [3.05, 3.63) is 35.9 Å². The topological polar surface area (TPSA) is 26.3 Å². The highest BCUT2D eigenvalue weighted by atomic mass is 16.5. The average molecular weight is 204 g/mol. The molecule has 1 aliphatic carbocycles. The van der Waals surface area contributed by atoms with E-state index >= 15 is 0 Å². The van der Waals surface area contributed by atoms with Crippen molar-refractivity contribution >= 4 is 5.78 Å². The van der Waals surface area contributed by atoms with Crippen LogP contribution in [-0.4, -0.2) is 12.4 Å². The molecule has 2 rings (SSSR count). The molecule has 0 radical (unpaired) electrons. The Balaban J connectivity index is 1.81. The highest BCUT2D eigenvalue weighted by molar-refractivity contribution is 5.84. The number of rotatable bonds is 5. The molecule has 0 aliphatic heterocycles. The Morgan fingerprint density at radius 3 is 2.67 bits per heavy atom.